The quantitative estimate of drug-likeness (QED) is 0.241. The molecule has 0 heterocycles. The van der Waals surface area contributed by atoms with Gasteiger partial charge in [0.05, 0.1) is 12.0 Å². The van der Waals surface area contributed by atoms with Crippen molar-refractivity contribution < 1.29 is 9.59 Å². The van der Waals surface area contributed by atoms with Crippen molar-refractivity contribution in [2.45, 2.75) is 37.8 Å². The van der Waals surface area contributed by atoms with Crippen LogP contribution in [0.1, 0.15) is 48.4 Å². The van der Waals surface area contributed by atoms with E-state index in [1.165, 1.54) is 0 Å². The number of carbonyl (C=O) groups is 2. The fourth-order valence-corrected chi connectivity index (χ4v) is 5.01. The van der Waals surface area contributed by atoms with Crippen LogP contribution in [0, 0.1) is 0 Å². The van der Waals surface area contributed by atoms with Crippen molar-refractivity contribution in [3.63, 3.8) is 0 Å². The molecule has 4 N–H and O–H groups in total. The van der Waals surface area contributed by atoms with Gasteiger partial charge in [-0.3, -0.25) is 9.59 Å². The predicted octanol–water partition coefficient (Wildman–Crippen LogP) is 6.09. The summed E-state index contributed by atoms with van der Waals surface area (Å²) in [4.78, 5) is 29.0. The van der Waals surface area contributed by atoms with Gasteiger partial charge in [0.15, 0.2) is 0 Å². The highest BCUT2D eigenvalue weighted by molar-refractivity contribution is 5.92. The van der Waals surface area contributed by atoms with Crippen LogP contribution in [-0.4, -0.2) is 29.3 Å². The summed E-state index contributed by atoms with van der Waals surface area (Å²) in [6.45, 7) is 2.37. The van der Waals surface area contributed by atoms with Gasteiger partial charge >= 0.3 is 0 Å². The molecule has 4 rings (SSSR count). The van der Waals surface area contributed by atoms with Gasteiger partial charge in [0.1, 0.15) is 6.04 Å². The molecule has 0 spiro atoms. The lowest BCUT2D eigenvalue weighted by molar-refractivity contribution is -0.142. The topological polar surface area (TPSA) is 89.4 Å². The normalized spacial score (nSPS) is 12.3. The maximum atomic E-state index is 14.5. The lowest BCUT2D eigenvalue weighted by atomic mass is 9.88. The summed E-state index contributed by atoms with van der Waals surface area (Å²) in [5.74, 6) is -1.27. The molecule has 202 valence electrons. The van der Waals surface area contributed by atoms with Crippen LogP contribution in [0.25, 0.3) is 11.1 Å². The maximum Gasteiger partial charge on any atom is 0.240 e. The first kappa shape index (κ1) is 29.6. The molecular weight excluding hydrogens is 506 g/mol. The van der Waals surface area contributed by atoms with Crippen LogP contribution >= 0.6 is 12.4 Å². The Labute approximate surface area is 237 Å². The first-order valence-electron chi connectivity index (χ1n) is 13.1. The van der Waals surface area contributed by atoms with Gasteiger partial charge in [0, 0.05) is 0 Å². The maximum absolute atomic E-state index is 14.5. The van der Waals surface area contributed by atoms with Crippen molar-refractivity contribution in [3.05, 3.63) is 132 Å². The molecule has 0 bridgehead atoms. The molecule has 39 heavy (non-hydrogen) atoms. The summed E-state index contributed by atoms with van der Waals surface area (Å²) in [7, 11) is 0. The summed E-state index contributed by atoms with van der Waals surface area (Å²) in [6.07, 6.45) is 0.985. The molecule has 4 aromatic carbocycles. The summed E-state index contributed by atoms with van der Waals surface area (Å²) in [5.41, 5.74) is 16.6. The summed E-state index contributed by atoms with van der Waals surface area (Å²) in [6, 6.07) is 36.5. The number of nitrogens with two attached hydrogens (primary N) is 2. The van der Waals surface area contributed by atoms with Gasteiger partial charge in [-0.05, 0) is 54.1 Å². The Morgan fingerprint density at radius 3 is 1.62 bits per heavy atom. The third-order valence-electron chi connectivity index (χ3n) is 7.03. The zero-order chi connectivity index (χ0) is 26.9. The zero-order valence-electron chi connectivity index (χ0n) is 22.1. The van der Waals surface area contributed by atoms with Gasteiger partial charge in [0.2, 0.25) is 11.8 Å². The summed E-state index contributed by atoms with van der Waals surface area (Å²) in [5, 5.41) is 0. The summed E-state index contributed by atoms with van der Waals surface area (Å²) < 4.78 is 0. The highest BCUT2D eigenvalue weighted by Crippen LogP contribution is 2.34. The van der Waals surface area contributed by atoms with Crippen LogP contribution in [0.15, 0.2) is 115 Å². The molecule has 0 aliphatic rings. The molecule has 0 saturated carbocycles. The van der Waals surface area contributed by atoms with Gasteiger partial charge in [-0.25, -0.2) is 0 Å². The zero-order valence-corrected chi connectivity index (χ0v) is 23.0. The molecule has 0 aromatic heterocycles. The van der Waals surface area contributed by atoms with Gasteiger partial charge < -0.3 is 16.4 Å². The number of carbonyl (C=O) groups excluding carboxylic acids is 2. The second-order valence-corrected chi connectivity index (χ2v) is 9.51. The first-order chi connectivity index (χ1) is 18.5. The van der Waals surface area contributed by atoms with E-state index in [1.807, 2.05) is 97.9 Å². The number of hydrogen-bond donors (Lipinski definition) is 2. The number of halogens is 1. The van der Waals surface area contributed by atoms with E-state index in [1.54, 1.807) is 4.90 Å². The van der Waals surface area contributed by atoms with E-state index in [2.05, 4.69) is 24.3 Å². The Kier molecular flexibility index (Phi) is 10.9. The minimum Gasteiger partial charge on any atom is -0.368 e. The van der Waals surface area contributed by atoms with Crippen molar-refractivity contribution in [1.29, 1.82) is 0 Å². The van der Waals surface area contributed by atoms with Crippen LogP contribution in [0.3, 0.4) is 0 Å². The van der Waals surface area contributed by atoms with Crippen LogP contribution in [0.5, 0.6) is 0 Å². The van der Waals surface area contributed by atoms with E-state index in [4.69, 9.17) is 11.5 Å². The van der Waals surface area contributed by atoms with Crippen LogP contribution in [0.4, 0.5) is 0 Å². The van der Waals surface area contributed by atoms with E-state index >= 15 is 0 Å². The van der Waals surface area contributed by atoms with Crippen LogP contribution < -0.4 is 11.5 Å². The van der Waals surface area contributed by atoms with Crippen LogP contribution in [-0.2, 0) is 9.59 Å². The van der Waals surface area contributed by atoms with Gasteiger partial charge in [-0.1, -0.05) is 115 Å². The predicted molar refractivity (Wildman–Crippen MR) is 160 cm³/mol. The van der Waals surface area contributed by atoms with Crippen molar-refractivity contribution in [1.82, 2.24) is 4.90 Å². The molecule has 2 atom stereocenters. The Bertz CT molecular complexity index is 1280. The summed E-state index contributed by atoms with van der Waals surface area (Å²) >= 11 is 0. The van der Waals surface area contributed by atoms with Gasteiger partial charge in [-0.15, -0.1) is 12.4 Å². The molecular formula is C33H36ClN3O2. The Morgan fingerprint density at radius 2 is 1.15 bits per heavy atom. The molecule has 4 aromatic rings. The third kappa shape index (κ3) is 7.14. The highest BCUT2D eigenvalue weighted by atomic mass is 35.5. The number of rotatable bonds is 11. The average molecular weight is 542 g/mol. The number of amides is 2. The minimum absolute atomic E-state index is 0. The van der Waals surface area contributed by atoms with E-state index in [0.717, 1.165) is 27.8 Å². The Balaban J connectivity index is 0.00000420. The molecule has 0 fully saturated rings. The molecule has 0 radical (unpaired) electrons. The first-order valence-corrected chi connectivity index (χ1v) is 13.1. The van der Waals surface area contributed by atoms with Gasteiger partial charge in [-0.2, -0.15) is 0 Å². The fraction of sp³-hybridized carbons (Fsp3) is 0.212. The number of primary amides is 1. The molecule has 2 amide bonds. The highest BCUT2D eigenvalue weighted by Gasteiger charge is 2.37. The molecule has 0 aliphatic carbocycles. The Morgan fingerprint density at radius 1 is 0.692 bits per heavy atom. The second-order valence-electron chi connectivity index (χ2n) is 9.51. The number of hydrogen-bond acceptors (Lipinski definition) is 3. The SMILES string of the molecule is C[C@H](c1ccc(-c2ccccc2)cc1)N(C(=O)C(c1ccccc1)c1ccccc1)[C@H](CCCN)C(N)=O.Cl. The molecule has 6 heteroatoms. The molecule has 0 saturated heterocycles. The monoisotopic (exact) mass is 541 g/mol. The molecule has 5 nitrogen and oxygen atoms in total. The largest absolute Gasteiger partial charge is 0.368 e. The molecule has 0 unspecified atom stereocenters. The lowest BCUT2D eigenvalue weighted by Crippen LogP contribution is -2.50. The van der Waals surface area contributed by atoms with E-state index in [9.17, 15) is 9.59 Å². The van der Waals surface area contributed by atoms with Gasteiger partial charge in [0.25, 0.3) is 0 Å². The number of nitrogens with zero attached hydrogens (tertiary/aromatic N) is 1. The van der Waals surface area contributed by atoms with E-state index in [-0.39, 0.29) is 18.3 Å². The van der Waals surface area contributed by atoms with E-state index in [0.29, 0.717) is 19.4 Å². The van der Waals surface area contributed by atoms with Crippen LogP contribution in [0.2, 0.25) is 0 Å². The molecule has 0 aliphatic heterocycles. The van der Waals surface area contributed by atoms with Crippen molar-refractivity contribution >= 4 is 24.2 Å². The van der Waals surface area contributed by atoms with E-state index < -0.39 is 23.9 Å². The Hall–Kier alpha value is -3.93. The smallest absolute Gasteiger partial charge is 0.240 e. The standard InChI is InChI=1S/C33H35N3O2.ClH/c1-24(25-19-21-27(22-20-25)26-12-5-2-6-13-26)36(30(32(35)37)18-11-23-34)33(38)31(28-14-7-3-8-15-28)29-16-9-4-10-17-29;/h2-10,12-17,19-22,24,30-31H,11,18,23,34H2,1H3,(H2,35,37);1H/t24-,30-;/m1./s1. The van der Waals surface area contributed by atoms with Crippen molar-refractivity contribution in [2.75, 3.05) is 6.54 Å². The van der Waals surface area contributed by atoms with Crippen molar-refractivity contribution in [2.24, 2.45) is 11.5 Å². The fourth-order valence-electron chi connectivity index (χ4n) is 5.01. The van der Waals surface area contributed by atoms with Crippen molar-refractivity contribution in [3.8, 4) is 11.1 Å². The second kappa shape index (κ2) is 14.3. The number of benzene rings is 4. The lowest BCUT2D eigenvalue weighted by Gasteiger charge is -2.38. The average Bonchev–Trinajstić information content (AvgIpc) is 2.96. The third-order valence-corrected chi connectivity index (χ3v) is 7.03. The minimum atomic E-state index is -0.787.